The second-order valence-corrected chi connectivity index (χ2v) is 6.05. The fraction of sp³-hybridized carbons (Fsp3) is 0.300. The summed E-state index contributed by atoms with van der Waals surface area (Å²) < 4.78 is 29.7. The molecule has 0 bridgehead atoms. The van der Waals surface area contributed by atoms with Gasteiger partial charge < -0.3 is 20.7 Å². The Bertz CT molecular complexity index is 847. The molecule has 6 nitrogen and oxygen atoms in total. The SMILES string of the molecule is CN=C(NCc1cccc(C(=O)NC)c1)NCc1cc(C)ccc1OC(F)F.I. The Morgan fingerprint density at radius 3 is 2.52 bits per heavy atom. The first-order chi connectivity index (χ1) is 13.4. The molecule has 0 saturated heterocycles. The summed E-state index contributed by atoms with van der Waals surface area (Å²) in [5.74, 6) is 0.465. The topological polar surface area (TPSA) is 74.8 Å². The Hall–Kier alpha value is -2.43. The van der Waals surface area contributed by atoms with E-state index >= 15 is 0 Å². The Balaban J connectivity index is 0.00000420. The summed E-state index contributed by atoms with van der Waals surface area (Å²) in [6, 6.07) is 12.2. The molecule has 0 heterocycles. The maximum atomic E-state index is 12.6. The van der Waals surface area contributed by atoms with E-state index in [4.69, 9.17) is 0 Å². The Morgan fingerprint density at radius 1 is 1.14 bits per heavy atom. The van der Waals surface area contributed by atoms with Crippen LogP contribution >= 0.6 is 24.0 Å². The number of amides is 1. The van der Waals surface area contributed by atoms with Gasteiger partial charge in [0, 0.05) is 38.3 Å². The van der Waals surface area contributed by atoms with E-state index in [2.05, 4.69) is 25.7 Å². The summed E-state index contributed by atoms with van der Waals surface area (Å²) >= 11 is 0. The van der Waals surface area contributed by atoms with Crippen molar-refractivity contribution in [2.75, 3.05) is 14.1 Å². The molecule has 9 heteroatoms. The molecular weight excluding hydrogens is 493 g/mol. The lowest BCUT2D eigenvalue weighted by Gasteiger charge is -2.15. The van der Waals surface area contributed by atoms with Gasteiger partial charge in [0.25, 0.3) is 5.91 Å². The summed E-state index contributed by atoms with van der Waals surface area (Å²) in [6.45, 7) is -0.297. The predicted molar refractivity (Wildman–Crippen MR) is 120 cm³/mol. The van der Waals surface area contributed by atoms with Gasteiger partial charge >= 0.3 is 6.61 Å². The number of benzene rings is 2. The van der Waals surface area contributed by atoms with E-state index in [1.54, 1.807) is 44.4 Å². The molecule has 2 rings (SSSR count). The molecule has 0 aromatic heterocycles. The molecule has 3 N–H and O–H groups in total. The van der Waals surface area contributed by atoms with Crippen LogP contribution in [0.3, 0.4) is 0 Å². The predicted octanol–water partition coefficient (Wildman–Crippen LogP) is 3.44. The molecule has 0 fully saturated rings. The third-order valence-electron chi connectivity index (χ3n) is 3.98. The maximum absolute atomic E-state index is 12.6. The molecule has 1 amide bonds. The van der Waals surface area contributed by atoms with Gasteiger partial charge in [-0.2, -0.15) is 8.78 Å². The molecule has 0 aliphatic heterocycles. The van der Waals surface area contributed by atoms with Crippen molar-refractivity contribution >= 4 is 35.8 Å². The van der Waals surface area contributed by atoms with Crippen molar-refractivity contribution in [1.82, 2.24) is 16.0 Å². The normalized spacial score (nSPS) is 10.9. The number of guanidine groups is 1. The molecule has 0 radical (unpaired) electrons. The Labute approximate surface area is 186 Å². The zero-order valence-corrected chi connectivity index (χ0v) is 18.8. The number of alkyl halides is 2. The average molecular weight is 518 g/mol. The fourth-order valence-corrected chi connectivity index (χ4v) is 2.61. The summed E-state index contributed by atoms with van der Waals surface area (Å²) in [5.41, 5.74) is 3.01. The first kappa shape index (κ1) is 24.6. The molecule has 0 atom stereocenters. The molecule has 0 saturated carbocycles. The third-order valence-corrected chi connectivity index (χ3v) is 3.98. The largest absolute Gasteiger partial charge is 0.434 e. The van der Waals surface area contributed by atoms with Gasteiger partial charge in [-0.25, -0.2) is 0 Å². The zero-order chi connectivity index (χ0) is 20.5. The van der Waals surface area contributed by atoms with Crippen LogP contribution in [0.25, 0.3) is 0 Å². The second-order valence-electron chi connectivity index (χ2n) is 6.05. The number of aliphatic imine (C=N–C) groups is 1. The average Bonchev–Trinajstić information content (AvgIpc) is 2.69. The van der Waals surface area contributed by atoms with Crippen LogP contribution in [0, 0.1) is 6.92 Å². The van der Waals surface area contributed by atoms with Crippen molar-refractivity contribution in [2.45, 2.75) is 26.6 Å². The van der Waals surface area contributed by atoms with Gasteiger partial charge in [-0.3, -0.25) is 9.79 Å². The van der Waals surface area contributed by atoms with Gasteiger partial charge in [0.1, 0.15) is 5.75 Å². The number of halogens is 3. The minimum atomic E-state index is -2.88. The van der Waals surface area contributed by atoms with E-state index in [1.165, 1.54) is 6.07 Å². The minimum absolute atomic E-state index is 0. The van der Waals surface area contributed by atoms with E-state index in [9.17, 15) is 13.6 Å². The van der Waals surface area contributed by atoms with E-state index in [-0.39, 0.29) is 42.2 Å². The summed E-state index contributed by atoms with van der Waals surface area (Å²) in [6.07, 6.45) is 0. The van der Waals surface area contributed by atoms with E-state index in [1.807, 2.05) is 13.0 Å². The monoisotopic (exact) mass is 518 g/mol. The number of carbonyl (C=O) groups is 1. The van der Waals surface area contributed by atoms with Gasteiger partial charge in [-0.1, -0.05) is 29.8 Å². The molecule has 29 heavy (non-hydrogen) atoms. The van der Waals surface area contributed by atoms with Crippen molar-refractivity contribution in [3.05, 3.63) is 64.7 Å². The van der Waals surface area contributed by atoms with Crippen molar-refractivity contribution in [1.29, 1.82) is 0 Å². The highest BCUT2D eigenvalue weighted by Crippen LogP contribution is 2.22. The lowest BCUT2D eigenvalue weighted by atomic mass is 10.1. The Kier molecular flexibility index (Phi) is 10.4. The van der Waals surface area contributed by atoms with Gasteiger partial charge in [0.15, 0.2) is 5.96 Å². The number of rotatable bonds is 7. The lowest BCUT2D eigenvalue weighted by Crippen LogP contribution is -2.36. The number of nitrogens with one attached hydrogen (secondary N) is 3. The quantitative estimate of drug-likeness (QED) is 0.299. The molecule has 0 unspecified atom stereocenters. The summed E-state index contributed by atoms with van der Waals surface area (Å²) in [7, 11) is 3.19. The molecule has 0 aliphatic rings. The van der Waals surface area contributed by atoms with E-state index < -0.39 is 6.61 Å². The molecule has 0 aliphatic carbocycles. The van der Waals surface area contributed by atoms with Crippen LogP contribution in [0.5, 0.6) is 5.75 Å². The molecule has 158 valence electrons. The number of hydrogen-bond donors (Lipinski definition) is 3. The lowest BCUT2D eigenvalue weighted by molar-refractivity contribution is -0.0504. The number of hydrogen-bond acceptors (Lipinski definition) is 3. The number of nitrogens with zero attached hydrogens (tertiary/aromatic N) is 1. The summed E-state index contributed by atoms with van der Waals surface area (Å²) in [5, 5.41) is 8.80. The molecule has 2 aromatic carbocycles. The highest BCUT2D eigenvalue weighted by atomic mass is 127. The maximum Gasteiger partial charge on any atom is 0.387 e. The third kappa shape index (κ3) is 7.84. The van der Waals surface area contributed by atoms with Crippen LogP contribution in [-0.2, 0) is 13.1 Å². The van der Waals surface area contributed by atoms with E-state index in [0.29, 0.717) is 23.6 Å². The van der Waals surface area contributed by atoms with Crippen LogP contribution in [0.15, 0.2) is 47.5 Å². The van der Waals surface area contributed by atoms with Crippen molar-refractivity contribution < 1.29 is 18.3 Å². The van der Waals surface area contributed by atoms with Crippen LogP contribution in [0.1, 0.15) is 27.0 Å². The van der Waals surface area contributed by atoms with E-state index in [0.717, 1.165) is 11.1 Å². The summed E-state index contributed by atoms with van der Waals surface area (Å²) in [4.78, 5) is 15.9. The first-order valence-electron chi connectivity index (χ1n) is 8.72. The zero-order valence-electron chi connectivity index (χ0n) is 16.5. The molecular formula is C20H25F2IN4O2. The number of carbonyl (C=O) groups excluding carboxylic acids is 1. The van der Waals surface area contributed by atoms with Crippen LogP contribution < -0.4 is 20.7 Å². The minimum Gasteiger partial charge on any atom is -0.434 e. The smallest absolute Gasteiger partial charge is 0.387 e. The van der Waals surface area contributed by atoms with Crippen LogP contribution in [0.4, 0.5) is 8.78 Å². The van der Waals surface area contributed by atoms with Crippen molar-refractivity contribution in [3.63, 3.8) is 0 Å². The Morgan fingerprint density at radius 2 is 1.86 bits per heavy atom. The first-order valence-corrected chi connectivity index (χ1v) is 8.72. The molecule has 0 spiro atoms. The standard InChI is InChI=1S/C20H24F2N4O2.HI/c1-13-7-8-17(28-19(21)22)16(9-13)12-26-20(24-3)25-11-14-5-4-6-15(10-14)18(27)23-2;/h4-10,19H,11-12H2,1-3H3,(H,23,27)(H2,24,25,26);1H. The molecule has 2 aromatic rings. The van der Waals surface area contributed by atoms with Gasteiger partial charge in [-0.05, 0) is 30.7 Å². The van der Waals surface area contributed by atoms with Gasteiger partial charge in [-0.15, -0.1) is 24.0 Å². The van der Waals surface area contributed by atoms with Crippen LogP contribution in [0.2, 0.25) is 0 Å². The highest BCUT2D eigenvalue weighted by Gasteiger charge is 2.11. The van der Waals surface area contributed by atoms with Crippen molar-refractivity contribution in [3.8, 4) is 5.75 Å². The highest BCUT2D eigenvalue weighted by molar-refractivity contribution is 14.0. The fourth-order valence-electron chi connectivity index (χ4n) is 2.61. The van der Waals surface area contributed by atoms with Crippen molar-refractivity contribution in [2.24, 2.45) is 4.99 Å². The number of ether oxygens (including phenoxy) is 1. The second kappa shape index (κ2) is 12.2. The van der Waals surface area contributed by atoms with Gasteiger partial charge in [0.2, 0.25) is 0 Å². The van der Waals surface area contributed by atoms with Crippen LogP contribution in [-0.4, -0.2) is 32.6 Å². The number of aryl methyl sites for hydroxylation is 1. The van der Waals surface area contributed by atoms with Gasteiger partial charge in [0.05, 0.1) is 0 Å².